The predicted molar refractivity (Wildman–Crippen MR) is 70.5 cm³/mol. The maximum absolute atomic E-state index is 3.43. The van der Waals surface area contributed by atoms with E-state index in [4.69, 9.17) is 0 Å². The number of aromatic nitrogens is 1. The normalized spacial score (nSPS) is 11.2. The van der Waals surface area contributed by atoms with Crippen molar-refractivity contribution in [3.8, 4) is 0 Å². The van der Waals surface area contributed by atoms with Crippen LogP contribution in [0.15, 0.2) is 18.5 Å². The molecule has 16 heavy (non-hydrogen) atoms. The molecule has 0 bridgehead atoms. The van der Waals surface area contributed by atoms with Crippen molar-refractivity contribution in [3.63, 3.8) is 0 Å². The molecular formula is C14H26N2. The third-order valence-corrected chi connectivity index (χ3v) is 3.19. The molecule has 0 spiro atoms. The first-order chi connectivity index (χ1) is 7.80. The highest BCUT2D eigenvalue weighted by Gasteiger charge is 2.04. The van der Waals surface area contributed by atoms with Crippen LogP contribution in [0, 0.1) is 5.92 Å². The van der Waals surface area contributed by atoms with Gasteiger partial charge in [0, 0.05) is 25.5 Å². The van der Waals surface area contributed by atoms with Crippen molar-refractivity contribution in [1.29, 1.82) is 0 Å². The van der Waals surface area contributed by atoms with Gasteiger partial charge < -0.3 is 9.88 Å². The van der Waals surface area contributed by atoms with Gasteiger partial charge in [-0.1, -0.05) is 33.6 Å². The first-order valence-corrected chi connectivity index (χ1v) is 6.65. The molecule has 0 saturated carbocycles. The van der Waals surface area contributed by atoms with Crippen LogP contribution >= 0.6 is 0 Å². The second-order valence-electron chi connectivity index (χ2n) is 4.58. The van der Waals surface area contributed by atoms with Gasteiger partial charge in [-0.3, -0.25) is 0 Å². The molecule has 0 amide bonds. The van der Waals surface area contributed by atoms with E-state index in [1.54, 1.807) is 0 Å². The van der Waals surface area contributed by atoms with Gasteiger partial charge >= 0.3 is 0 Å². The average Bonchev–Trinajstić information content (AvgIpc) is 2.74. The van der Waals surface area contributed by atoms with E-state index in [0.717, 1.165) is 19.0 Å². The van der Waals surface area contributed by atoms with E-state index in [2.05, 4.69) is 49.1 Å². The third-order valence-electron chi connectivity index (χ3n) is 3.19. The molecule has 0 aliphatic carbocycles. The zero-order valence-corrected chi connectivity index (χ0v) is 11.0. The Bertz CT molecular complexity index is 274. The molecule has 0 aromatic carbocycles. The van der Waals surface area contributed by atoms with E-state index < -0.39 is 0 Å². The molecule has 2 nitrogen and oxygen atoms in total. The van der Waals surface area contributed by atoms with Crippen LogP contribution in [0.2, 0.25) is 0 Å². The van der Waals surface area contributed by atoms with E-state index in [1.165, 1.54) is 31.4 Å². The second-order valence-corrected chi connectivity index (χ2v) is 4.58. The van der Waals surface area contributed by atoms with Gasteiger partial charge in [-0.05, 0) is 30.5 Å². The second kappa shape index (κ2) is 7.50. The van der Waals surface area contributed by atoms with Crippen molar-refractivity contribution < 1.29 is 0 Å². The lowest BCUT2D eigenvalue weighted by atomic mass is 10.0. The largest absolute Gasteiger partial charge is 0.354 e. The highest BCUT2D eigenvalue weighted by molar-refractivity contribution is 5.09. The predicted octanol–water partition coefficient (Wildman–Crippen LogP) is 3.42. The van der Waals surface area contributed by atoms with Gasteiger partial charge in [0.1, 0.15) is 0 Å². The zero-order valence-electron chi connectivity index (χ0n) is 11.0. The van der Waals surface area contributed by atoms with Crippen molar-refractivity contribution in [2.45, 2.75) is 53.1 Å². The summed E-state index contributed by atoms with van der Waals surface area (Å²) in [5, 5.41) is 3.43. The minimum absolute atomic E-state index is 0.823. The number of hydrogen-bond donors (Lipinski definition) is 1. The molecule has 1 N–H and O–H groups in total. The maximum Gasteiger partial charge on any atom is 0.0247 e. The summed E-state index contributed by atoms with van der Waals surface area (Å²) in [6.45, 7) is 10.0. The fraction of sp³-hybridized carbons (Fsp3) is 0.714. The molecule has 2 heteroatoms. The molecule has 1 rings (SSSR count). The summed E-state index contributed by atoms with van der Waals surface area (Å²) in [4.78, 5) is 0. The summed E-state index contributed by atoms with van der Waals surface area (Å²) in [5.41, 5.74) is 1.40. The summed E-state index contributed by atoms with van der Waals surface area (Å²) in [7, 11) is 0. The van der Waals surface area contributed by atoms with E-state index >= 15 is 0 Å². The zero-order chi connectivity index (χ0) is 11.8. The Morgan fingerprint density at radius 3 is 2.62 bits per heavy atom. The standard InChI is InChI=1S/C14H26N2/c1-4-8-15-10-14-7-9-16(12-14)11-13(5-2)6-3/h7,9,12-13,15H,4-6,8,10-11H2,1-3H3. The highest BCUT2D eigenvalue weighted by Crippen LogP contribution is 2.12. The van der Waals surface area contributed by atoms with E-state index in [-0.39, 0.29) is 0 Å². The molecule has 0 atom stereocenters. The Labute approximate surface area is 100 Å². The fourth-order valence-electron chi connectivity index (χ4n) is 1.96. The molecule has 0 fully saturated rings. The van der Waals surface area contributed by atoms with E-state index in [0.29, 0.717) is 0 Å². The summed E-state index contributed by atoms with van der Waals surface area (Å²) in [6.07, 6.45) is 8.24. The maximum atomic E-state index is 3.43. The molecule has 0 radical (unpaired) electrons. The van der Waals surface area contributed by atoms with Gasteiger partial charge in [0.25, 0.3) is 0 Å². The van der Waals surface area contributed by atoms with Crippen LogP contribution in [0.4, 0.5) is 0 Å². The molecular weight excluding hydrogens is 196 g/mol. The minimum atomic E-state index is 0.823. The minimum Gasteiger partial charge on any atom is -0.354 e. The van der Waals surface area contributed by atoms with Gasteiger partial charge in [-0.25, -0.2) is 0 Å². The fourth-order valence-corrected chi connectivity index (χ4v) is 1.96. The van der Waals surface area contributed by atoms with E-state index in [1.807, 2.05) is 0 Å². The Balaban J connectivity index is 2.38. The lowest BCUT2D eigenvalue weighted by molar-refractivity contribution is 0.419. The molecule has 1 heterocycles. The van der Waals surface area contributed by atoms with E-state index in [9.17, 15) is 0 Å². The van der Waals surface area contributed by atoms with Crippen molar-refractivity contribution >= 4 is 0 Å². The molecule has 0 aliphatic rings. The van der Waals surface area contributed by atoms with Crippen molar-refractivity contribution in [2.75, 3.05) is 6.54 Å². The molecule has 1 aromatic heterocycles. The van der Waals surface area contributed by atoms with Crippen LogP contribution in [-0.4, -0.2) is 11.1 Å². The number of hydrogen-bond acceptors (Lipinski definition) is 1. The van der Waals surface area contributed by atoms with Gasteiger partial charge in [0.2, 0.25) is 0 Å². The van der Waals surface area contributed by atoms with Crippen LogP contribution in [0.25, 0.3) is 0 Å². The lowest BCUT2D eigenvalue weighted by Crippen LogP contribution is -2.13. The van der Waals surface area contributed by atoms with Crippen LogP contribution in [0.5, 0.6) is 0 Å². The number of nitrogens with one attached hydrogen (secondary N) is 1. The summed E-state index contributed by atoms with van der Waals surface area (Å²) < 4.78 is 2.33. The number of rotatable bonds is 8. The van der Waals surface area contributed by atoms with Crippen molar-refractivity contribution in [2.24, 2.45) is 5.92 Å². The average molecular weight is 222 g/mol. The van der Waals surface area contributed by atoms with Crippen molar-refractivity contribution in [3.05, 3.63) is 24.0 Å². The smallest absolute Gasteiger partial charge is 0.0247 e. The van der Waals surface area contributed by atoms with Crippen LogP contribution in [-0.2, 0) is 13.1 Å². The summed E-state index contributed by atoms with van der Waals surface area (Å²) >= 11 is 0. The summed E-state index contributed by atoms with van der Waals surface area (Å²) in [5.74, 6) is 0.823. The Kier molecular flexibility index (Phi) is 6.24. The quantitative estimate of drug-likeness (QED) is 0.667. The molecule has 0 aliphatic heterocycles. The number of nitrogens with zero attached hydrogens (tertiary/aromatic N) is 1. The van der Waals surface area contributed by atoms with Gasteiger partial charge in [0.05, 0.1) is 0 Å². The first-order valence-electron chi connectivity index (χ1n) is 6.65. The SMILES string of the molecule is CCCNCc1ccn(CC(CC)CC)c1. The Hall–Kier alpha value is -0.760. The van der Waals surface area contributed by atoms with Crippen LogP contribution in [0.3, 0.4) is 0 Å². The van der Waals surface area contributed by atoms with Gasteiger partial charge in [0.15, 0.2) is 0 Å². The third kappa shape index (κ3) is 4.40. The lowest BCUT2D eigenvalue weighted by Gasteiger charge is -2.12. The van der Waals surface area contributed by atoms with Crippen LogP contribution < -0.4 is 5.32 Å². The Morgan fingerprint density at radius 2 is 2.00 bits per heavy atom. The van der Waals surface area contributed by atoms with Crippen molar-refractivity contribution in [1.82, 2.24) is 9.88 Å². The highest BCUT2D eigenvalue weighted by atomic mass is 14.9. The Morgan fingerprint density at radius 1 is 1.25 bits per heavy atom. The molecule has 92 valence electrons. The topological polar surface area (TPSA) is 17.0 Å². The molecule has 0 saturated heterocycles. The van der Waals surface area contributed by atoms with Gasteiger partial charge in [-0.15, -0.1) is 0 Å². The molecule has 0 unspecified atom stereocenters. The summed E-state index contributed by atoms with van der Waals surface area (Å²) in [6, 6.07) is 2.23. The molecule has 1 aromatic rings. The monoisotopic (exact) mass is 222 g/mol. The first kappa shape index (κ1) is 13.3. The van der Waals surface area contributed by atoms with Crippen LogP contribution in [0.1, 0.15) is 45.6 Å². The van der Waals surface area contributed by atoms with Gasteiger partial charge in [-0.2, -0.15) is 0 Å².